The number of ether oxygens (including phenoxy) is 1. The van der Waals surface area contributed by atoms with Gasteiger partial charge in [0.2, 0.25) is 0 Å². The molecule has 1 heterocycles. The molecular formula is C11H14BrNO. The van der Waals surface area contributed by atoms with Gasteiger partial charge in [-0.2, -0.15) is 0 Å². The summed E-state index contributed by atoms with van der Waals surface area (Å²) in [5.74, 6) is 0. The summed E-state index contributed by atoms with van der Waals surface area (Å²) in [6.45, 7) is 4.93. The Labute approximate surface area is 93.0 Å². The summed E-state index contributed by atoms with van der Waals surface area (Å²) in [7, 11) is 0. The number of hydrogen-bond acceptors (Lipinski definition) is 2. The van der Waals surface area contributed by atoms with Gasteiger partial charge in [-0.3, -0.25) is 0 Å². The molecule has 0 bridgehead atoms. The molecule has 14 heavy (non-hydrogen) atoms. The number of morpholine rings is 1. The van der Waals surface area contributed by atoms with E-state index < -0.39 is 0 Å². The van der Waals surface area contributed by atoms with Crippen molar-refractivity contribution >= 4 is 21.6 Å². The van der Waals surface area contributed by atoms with Crippen molar-refractivity contribution in [3.63, 3.8) is 0 Å². The Balaban J connectivity index is 2.10. The normalized spacial score (nSPS) is 22.4. The highest BCUT2D eigenvalue weighted by atomic mass is 79.9. The van der Waals surface area contributed by atoms with Crippen LogP contribution in [-0.4, -0.2) is 25.8 Å². The van der Waals surface area contributed by atoms with E-state index in [4.69, 9.17) is 4.74 Å². The fourth-order valence-electron chi connectivity index (χ4n) is 1.70. The number of hydrogen-bond donors (Lipinski definition) is 0. The molecule has 0 amide bonds. The SMILES string of the molecule is C[C@@H]1CN(c2ccc(Br)cc2)CCO1. The zero-order valence-electron chi connectivity index (χ0n) is 8.24. The van der Waals surface area contributed by atoms with E-state index in [0.717, 1.165) is 24.2 Å². The van der Waals surface area contributed by atoms with Crippen LogP contribution in [0, 0.1) is 0 Å². The summed E-state index contributed by atoms with van der Waals surface area (Å²) in [6, 6.07) is 8.44. The fourth-order valence-corrected chi connectivity index (χ4v) is 1.97. The van der Waals surface area contributed by atoms with Crippen LogP contribution in [0.4, 0.5) is 5.69 Å². The Morgan fingerprint density at radius 2 is 2.07 bits per heavy atom. The van der Waals surface area contributed by atoms with Crippen LogP contribution in [0.1, 0.15) is 6.92 Å². The fraction of sp³-hybridized carbons (Fsp3) is 0.455. The highest BCUT2D eigenvalue weighted by Gasteiger charge is 2.16. The second-order valence-corrected chi connectivity index (χ2v) is 4.52. The molecule has 1 aliphatic rings. The molecule has 1 fully saturated rings. The minimum Gasteiger partial charge on any atom is -0.375 e. The van der Waals surface area contributed by atoms with Gasteiger partial charge in [-0.15, -0.1) is 0 Å². The van der Waals surface area contributed by atoms with Gasteiger partial charge in [0.15, 0.2) is 0 Å². The number of nitrogens with zero attached hydrogens (tertiary/aromatic N) is 1. The topological polar surface area (TPSA) is 12.5 Å². The Morgan fingerprint density at radius 3 is 2.71 bits per heavy atom. The smallest absolute Gasteiger partial charge is 0.0722 e. The maximum absolute atomic E-state index is 5.50. The van der Waals surface area contributed by atoms with E-state index in [0.29, 0.717) is 6.10 Å². The van der Waals surface area contributed by atoms with Crippen LogP contribution < -0.4 is 4.90 Å². The van der Waals surface area contributed by atoms with Gasteiger partial charge >= 0.3 is 0 Å². The van der Waals surface area contributed by atoms with Crippen molar-refractivity contribution in [2.24, 2.45) is 0 Å². The molecule has 1 aromatic rings. The lowest BCUT2D eigenvalue weighted by molar-refractivity contribution is 0.0532. The van der Waals surface area contributed by atoms with Gasteiger partial charge < -0.3 is 9.64 Å². The Kier molecular flexibility index (Phi) is 3.08. The van der Waals surface area contributed by atoms with Crippen LogP contribution >= 0.6 is 15.9 Å². The molecule has 0 N–H and O–H groups in total. The van der Waals surface area contributed by atoms with Crippen LogP contribution in [0.15, 0.2) is 28.7 Å². The molecule has 0 radical (unpaired) electrons. The molecule has 1 aromatic carbocycles. The Hall–Kier alpha value is -0.540. The molecule has 2 rings (SSSR count). The number of halogens is 1. The van der Waals surface area contributed by atoms with E-state index in [-0.39, 0.29) is 0 Å². The highest BCUT2D eigenvalue weighted by Crippen LogP contribution is 2.20. The lowest BCUT2D eigenvalue weighted by atomic mass is 10.2. The second kappa shape index (κ2) is 4.32. The summed E-state index contributed by atoms with van der Waals surface area (Å²) < 4.78 is 6.63. The van der Waals surface area contributed by atoms with Gasteiger partial charge in [0, 0.05) is 23.2 Å². The van der Waals surface area contributed by atoms with Crippen molar-refractivity contribution in [1.82, 2.24) is 0 Å². The molecule has 1 aliphatic heterocycles. The Bertz CT molecular complexity index is 299. The number of rotatable bonds is 1. The van der Waals surface area contributed by atoms with Crippen LogP contribution in [0.2, 0.25) is 0 Å². The highest BCUT2D eigenvalue weighted by molar-refractivity contribution is 9.10. The molecule has 0 aromatic heterocycles. The molecule has 2 nitrogen and oxygen atoms in total. The van der Waals surface area contributed by atoms with E-state index in [1.807, 2.05) is 0 Å². The first-order chi connectivity index (χ1) is 6.75. The molecule has 0 saturated carbocycles. The van der Waals surface area contributed by atoms with Crippen LogP contribution in [0.25, 0.3) is 0 Å². The zero-order chi connectivity index (χ0) is 9.97. The molecule has 76 valence electrons. The van der Waals surface area contributed by atoms with Crippen molar-refractivity contribution in [3.05, 3.63) is 28.7 Å². The van der Waals surface area contributed by atoms with E-state index >= 15 is 0 Å². The lowest BCUT2D eigenvalue weighted by Gasteiger charge is -2.32. The molecule has 1 atom stereocenters. The quantitative estimate of drug-likeness (QED) is 0.766. The van der Waals surface area contributed by atoms with E-state index in [9.17, 15) is 0 Å². The van der Waals surface area contributed by atoms with E-state index in [1.54, 1.807) is 0 Å². The standard InChI is InChI=1S/C11H14BrNO/c1-9-8-13(6-7-14-9)11-4-2-10(12)3-5-11/h2-5,9H,6-8H2,1H3/t9-/m1/s1. The molecule has 0 spiro atoms. The average Bonchev–Trinajstić information content (AvgIpc) is 2.19. The monoisotopic (exact) mass is 255 g/mol. The second-order valence-electron chi connectivity index (χ2n) is 3.60. The maximum atomic E-state index is 5.50. The van der Waals surface area contributed by atoms with E-state index in [1.165, 1.54) is 5.69 Å². The predicted octanol–water partition coefficient (Wildman–Crippen LogP) is 2.67. The van der Waals surface area contributed by atoms with Gasteiger partial charge in [-0.25, -0.2) is 0 Å². The summed E-state index contributed by atoms with van der Waals surface area (Å²) in [5.41, 5.74) is 1.28. The largest absolute Gasteiger partial charge is 0.375 e. The maximum Gasteiger partial charge on any atom is 0.0722 e. The van der Waals surface area contributed by atoms with Crippen molar-refractivity contribution in [2.45, 2.75) is 13.0 Å². The van der Waals surface area contributed by atoms with Crippen molar-refractivity contribution < 1.29 is 4.74 Å². The van der Waals surface area contributed by atoms with Crippen molar-refractivity contribution in [1.29, 1.82) is 0 Å². The lowest BCUT2D eigenvalue weighted by Crippen LogP contribution is -2.41. The summed E-state index contributed by atoms with van der Waals surface area (Å²) >= 11 is 3.44. The van der Waals surface area contributed by atoms with Crippen molar-refractivity contribution in [3.8, 4) is 0 Å². The molecule has 0 unspecified atom stereocenters. The summed E-state index contributed by atoms with van der Waals surface area (Å²) in [5, 5.41) is 0. The third-order valence-electron chi connectivity index (χ3n) is 2.43. The third-order valence-corrected chi connectivity index (χ3v) is 2.96. The van der Waals surface area contributed by atoms with Gasteiger partial charge in [-0.1, -0.05) is 15.9 Å². The minimum absolute atomic E-state index is 0.340. The average molecular weight is 256 g/mol. The number of benzene rings is 1. The molecular weight excluding hydrogens is 242 g/mol. The van der Waals surface area contributed by atoms with E-state index in [2.05, 4.69) is 52.0 Å². The van der Waals surface area contributed by atoms with Gasteiger partial charge in [0.05, 0.1) is 12.7 Å². The molecule has 3 heteroatoms. The zero-order valence-corrected chi connectivity index (χ0v) is 9.83. The minimum atomic E-state index is 0.340. The first-order valence-corrected chi connectivity index (χ1v) is 5.67. The molecule has 0 aliphatic carbocycles. The third kappa shape index (κ3) is 2.28. The number of anilines is 1. The van der Waals surface area contributed by atoms with Gasteiger partial charge in [0.25, 0.3) is 0 Å². The predicted molar refractivity (Wildman–Crippen MR) is 61.8 cm³/mol. The first kappa shape index (κ1) is 9.99. The van der Waals surface area contributed by atoms with Crippen molar-refractivity contribution in [2.75, 3.05) is 24.6 Å². The Morgan fingerprint density at radius 1 is 1.36 bits per heavy atom. The van der Waals surface area contributed by atoms with Crippen LogP contribution in [0.3, 0.4) is 0 Å². The van der Waals surface area contributed by atoms with Crippen LogP contribution in [0.5, 0.6) is 0 Å². The first-order valence-electron chi connectivity index (χ1n) is 4.88. The van der Waals surface area contributed by atoms with Gasteiger partial charge in [0.1, 0.15) is 0 Å². The van der Waals surface area contributed by atoms with Crippen LogP contribution in [-0.2, 0) is 4.74 Å². The molecule has 1 saturated heterocycles. The van der Waals surface area contributed by atoms with Gasteiger partial charge in [-0.05, 0) is 31.2 Å². The summed E-state index contributed by atoms with van der Waals surface area (Å²) in [6.07, 6.45) is 0.340. The summed E-state index contributed by atoms with van der Waals surface area (Å²) in [4.78, 5) is 2.36.